The first kappa shape index (κ1) is 16.2. The zero-order valence-corrected chi connectivity index (χ0v) is 14.1. The number of rotatable bonds is 4. The van der Waals surface area contributed by atoms with Gasteiger partial charge >= 0.3 is 6.03 Å². The molecule has 3 heterocycles. The van der Waals surface area contributed by atoms with Gasteiger partial charge in [-0.05, 0) is 50.9 Å². The molecule has 2 fully saturated rings. The van der Waals surface area contributed by atoms with Gasteiger partial charge in [0.05, 0.1) is 0 Å². The van der Waals surface area contributed by atoms with Crippen molar-refractivity contribution in [3.63, 3.8) is 0 Å². The summed E-state index contributed by atoms with van der Waals surface area (Å²) in [5.41, 5.74) is 2.26. The fourth-order valence-corrected chi connectivity index (χ4v) is 3.69. The molecule has 2 aliphatic heterocycles. The Kier molecular flexibility index (Phi) is 5.49. The molecule has 0 aromatic carbocycles. The van der Waals surface area contributed by atoms with Crippen molar-refractivity contribution in [3.8, 4) is 0 Å². The number of nitrogens with one attached hydrogen (secondary N) is 1. The lowest BCUT2D eigenvalue weighted by Crippen LogP contribution is -2.44. The molecule has 2 aliphatic rings. The highest BCUT2D eigenvalue weighted by Crippen LogP contribution is 2.20. The molecule has 1 aromatic heterocycles. The number of aryl methyl sites for hydroxylation is 1. The molecule has 3 rings (SSSR count). The summed E-state index contributed by atoms with van der Waals surface area (Å²) in [4.78, 5) is 21.3. The lowest BCUT2D eigenvalue weighted by molar-refractivity contribution is 0.161. The second-order valence-corrected chi connectivity index (χ2v) is 6.73. The molecule has 0 radical (unpaired) electrons. The number of hydrogen-bond donors (Lipinski definition) is 1. The van der Waals surface area contributed by atoms with Gasteiger partial charge in [0.15, 0.2) is 0 Å². The summed E-state index contributed by atoms with van der Waals surface area (Å²) in [5.74, 6) is 0. The minimum atomic E-state index is 0.0816. The highest BCUT2D eigenvalue weighted by molar-refractivity contribution is 5.74. The monoisotopic (exact) mass is 316 g/mol. The summed E-state index contributed by atoms with van der Waals surface area (Å²) in [6.45, 7) is 6.90. The van der Waals surface area contributed by atoms with E-state index in [0.717, 1.165) is 31.6 Å². The number of carbonyl (C=O) groups excluding carboxylic acids is 1. The third-order valence-corrected chi connectivity index (χ3v) is 5.11. The van der Waals surface area contributed by atoms with Crippen molar-refractivity contribution in [2.24, 2.45) is 0 Å². The number of likely N-dealkylation sites (tertiary alicyclic amines) is 2. The Morgan fingerprint density at radius 2 is 2.13 bits per heavy atom. The van der Waals surface area contributed by atoms with Gasteiger partial charge in [-0.15, -0.1) is 0 Å². The molecule has 2 amide bonds. The molecular weight excluding hydrogens is 288 g/mol. The predicted octanol–water partition coefficient (Wildman–Crippen LogP) is 2.20. The van der Waals surface area contributed by atoms with Crippen LogP contribution < -0.4 is 5.32 Å². The van der Waals surface area contributed by atoms with Gasteiger partial charge in [0.25, 0.3) is 0 Å². The maximum Gasteiger partial charge on any atom is 0.317 e. The standard InChI is InChI=1S/C18H28N4O/c1-15-6-5-9-19-17(15)7-10-20-18(23)22-13-8-16(14-22)21-11-3-2-4-12-21/h5-6,9,16H,2-4,7-8,10-14H2,1H3,(H,20,23)/t16-/m0/s1. The summed E-state index contributed by atoms with van der Waals surface area (Å²) in [7, 11) is 0. The van der Waals surface area contributed by atoms with E-state index in [1.165, 1.54) is 37.9 Å². The average Bonchev–Trinajstić information content (AvgIpc) is 3.07. The van der Waals surface area contributed by atoms with Gasteiger partial charge in [-0.1, -0.05) is 12.5 Å². The zero-order valence-electron chi connectivity index (χ0n) is 14.1. The molecule has 1 atom stereocenters. The summed E-state index contributed by atoms with van der Waals surface area (Å²) >= 11 is 0. The molecule has 1 aromatic rings. The smallest absolute Gasteiger partial charge is 0.317 e. The van der Waals surface area contributed by atoms with E-state index in [2.05, 4.69) is 28.2 Å². The number of piperidine rings is 1. The van der Waals surface area contributed by atoms with E-state index in [-0.39, 0.29) is 6.03 Å². The van der Waals surface area contributed by atoms with E-state index in [0.29, 0.717) is 12.6 Å². The first-order chi connectivity index (χ1) is 11.2. The van der Waals surface area contributed by atoms with Gasteiger partial charge in [0.2, 0.25) is 0 Å². The van der Waals surface area contributed by atoms with Crippen LogP contribution in [0.5, 0.6) is 0 Å². The first-order valence-corrected chi connectivity index (χ1v) is 8.91. The highest BCUT2D eigenvalue weighted by atomic mass is 16.2. The Morgan fingerprint density at radius 1 is 1.30 bits per heavy atom. The van der Waals surface area contributed by atoms with Crippen molar-refractivity contribution < 1.29 is 4.79 Å². The largest absolute Gasteiger partial charge is 0.338 e. The van der Waals surface area contributed by atoms with Gasteiger partial charge in [-0.25, -0.2) is 4.79 Å². The van der Waals surface area contributed by atoms with Crippen molar-refractivity contribution in [3.05, 3.63) is 29.6 Å². The molecule has 0 bridgehead atoms. The van der Waals surface area contributed by atoms with Crippen molar-refractivity contribution in [2.45, 2.75) is 45.1 Å². The van der Waals surface area contributed by atoms with Crippen molar-refractivity contribution in [2.75, 3.05) is 32.7 Å². The quantitative estimate of drug-likeness (QED) is 0.926. The van der Waals surface area contributed by atoms with E-state index < -0.39 is 0 Å². The van der Waals surface area contributed by atoms with Crippen LogP contribution in [-0.4, -0.2) is 59.6 Å². The average molecular weight is 316 g/mol. The maximum atomic E-state index is 12.3. The van der Waals surface area contributed by atoms with Crippen LogP contribution in [0.1, 0.15) is 36.9 Å². The third-order valence-electron chi connectivity index (χ3n) is 5.11. The molecule has 5 heteroatoms. The topological polar surface area (TPSA) is 48.5 Å². The molecular formula is C18H28N4O. The number of carbonyl (C=O) groups is 1. The molecule has 2 saturated heterocycles. The van der Waals surface area contributed by atoms with Gasteiger partial charge in [-0.3, -0.25) is 9.88 Å². The van der Waals surface area contributed by atoms with Crippen LogP contribution in [0.15, 0.2) is 18.3 Å². The highest BCUT2D eigenvalue weighted by Gasteiger charge is 2.30. The normalized spacial score (nSPS) is 22.3. The number of hydrogen-bond acceptors (Lipinski definition) is 3. The number of amides is 2. The van der Waals surface area contributed by atoms with E-state index in [1.807, 2.05) is 17.2 Å². The van der Waals surface area contributed by atoms with Crippen molar-refractivity contribution in [1.82, 2.24) is 20.1 Å². The van der Waals surface area contributed by atoms with Gasteiger partial charge in [0.1, 0.15) is 0 Å². The van der Waals surface area contributed by atoms with Crippen LogP contribution in [-0.2, 0) is 6.42 Å². The molecule has 0 aliphatic carbocycles. The van der Waals surface area contributed by atoms with Crippen LogP contribution in [0.2, 0.25) is 0 Å². The van der Waals surface area contributed by atoms with Gasteiger partial charge in [0, 0.05) is 44.0 Å². The van der Waals surface area contributed by atoms with Crippen LogP contribution in [0.3, 0.4) is 0 Å². The number of nitrogens with zero attached hydrogens (tertiary/aromatic N) is 3. The Bertz CT molecular complexity index is 528. The SMILES string of the molecule is Cc1cccnc1CCNC(=O)N1CC[C@H](N2CCCCC2)C1. The summed E-state index contributed by atoms with van der Waals surface area (Å²) in [6.07, 6.45) is 7.71. The van der Waals surface area contributed by atoms with Gasteiger partial charge in [-0.2, -0.15) is 0 Å². The summed E-state index contributed by atoms with van der Waals surface area (Å²) in [6, 6.07) is 4.66. The lowest BCUT2D eigenvalue weighted by atomic mass is 10.1. The van der Waals surface area contributed by atoms with Crippen LogP contribution in [0.25, 0.3) is 0 Å². The Hall–Kier alpha value is -1.62. The van der Waals surface area contributed by atoms with Crippen molar-refractivity contribution >= 4 is 6.03 Å². The van der Waals surface area contributed by atoms with E-state index >= 15 is 0 Å². The number of urea groups is 1. The van der Waals surface area contributed by atoms with Crippen LogP contribution in [0, 0.1) is 6.92 Å². The Morgan fingerprint density at radius 3 is 2.91 bits per heavy atom. The second kappa shape index (κ2) is 7.77. The van der Waals surface area contributed by atoms with Crippen LogP contribution >= 0.6 is 0 Å². The fraction of sp³-hybridized carbons (Fsp3) is 0.667. The molecule has 0 saturated carbocycles. The molecule has 1 N–H and O–H groups in total. The van der Waals surface area contributed by atoms with Gasteiger partial charge < -0.3 is 10.2 Å². The molecule has 126 valence electrons. The summed E-state index contributed by atoms with van der Waals surface area (Å²) < 4.78 is 0. The van der Waals surface area contributed by atoms with E-state index in [1.54, 1.807) is 0 Å². The molecule has 0 unspecified atom stereocenters. The lowest BCUT2D eigenvalue weighted by Gasteiger charge is -2.32. The Balaban J connectivity index is 1.41. The minimum Gasteiger partial charge on any atom is -0.338 e. The second-order valence-electron chi connectivity index (χ2n) is 6.73. The Labute approximate surface area is 139 Å². The number of pyridine rings is 1. The minimum absolute atomic E-state index is 0.0816. The molecule has 5 nitrogen and oxygen atoms in total. The summed E-state index contributed by atoms with van der Waals surface area (Å²) in [5, 5.41) is 3.05. The number of aromatic nitrogens is 1. The fourth-order valence-electron chi connectivity index (χ4n) is 3.69. The maximum absolute atomic E-state index is 12.3. The third kappa shape index (κ3) is 4.22. The van der Waals surface area contributed by atoms with Crippen molar-refractivity contribution in [1.29, 1.82) is 0 Å². The van der Waals surface area contributed by atoms with E-state index in [4.69, 9.17) is 0 Å². The predicted molar refractivity (Wildman–Crippen MR) is 91.5 cm³/mol. The first-order valence-electron chi connectivity index (χ1n) is 8.91. The van der Waals surface area contributed by atoms with E-state index in [9.17, 15) is 4.79 Å². The molecule has 0 spiro atoms. The zero-order chi connectivity index (χ0) is 16.1. The van der Waals surface area contributed by atoms with Crippen LogP contribution in [0.4, 0.5) is 4.79 Å². The molecule has 23 heavy (non-hydrogen) atoms.